The van der Waals surface area contributed by atoms with Crippen LogP contribution in [0.5, 0.6) is 5.75 Å². The first-order valence-electron chi connectivity index (χ1n) is 9.42. The Hall–Kier alpha value is -2.63. The normalized spacial score (nSPS) is 17.4. The van der Waals surface area contributed by atoms with Gasteiger partial charge >= 0.3 is 6.02 Å². The highest BCUT2D eigenvalue weighted by Gasteiger charge is 2.30. The van der Waals surface area contributed by atoms with Crippen LogP contribution in [0.1, 0.15) is 62.2 Å². The first-order valence-corrected chi connectivity index (χ1v) is 9.42. The van der Waals surface area contributed by atoms with E-state index < -0.39 is 0 Å². The second kappa shape index (κ2) is 6.94. The Morgan fingerprint density at radius 1 is 1.35 bits per heavy atom. The van der Waals surface area contributed by atoms with E-state index in [4.69, 9.17) is 14.7 Å². The van der Waals surface area contributed by atoms with E-state index in [9.17, 15) is 0 Å². The molecular formula is C20H25N5O. The van der Waals surface area contributed by atoms with E-state index >= 15 is 0 Å². The highest BCUT2D eigenvalue weighted by Crippen LogP contribution is 2.38. The van der Waals surface area contributed by atoms with Crippen LogP contribution in [0, 0.1) is 6.92 Å². The fraction of sp³-hybridized carbons (Fsp3) is 0.450. The average Bonchev–Trinajstić information content (AvgIpc) is 3.29. The summed E-state index contributed by atoms with van der Waals surface area (Å²) in [5, 5.41) is 0. The first kappa shape index (κ1) is 16.8. The number of ether oxygens (including phenoxy) is 1. The molecule has 1 aliphatic heterocycles. The van der Waals surface area contributed by atoms with Crippen LogP contribution in [0.4, 0.5) is 5.82 Å². The van der Waals surface area contributed by atoms with Crippen molar-refractivity contribution >= 4 is 17.5 Å². The summed E-state index contributed by atoms with van der Waals surface area (Å²) in [5.74, 6) is 2.93. The van der Waals surface area contributed by atoms with Gasteiger partial charge in [-0.3, -0.25) is 9.88 Å². The molecule has 0 saturated heterocycles. The number of amidine groups is 1. The van der Waals surface area contributed by atoms with Gasteiger partial charge < -0.3 is 9.72 Å². The Balaban J connectivity index is 1.70. The largest absolute Gasteiger partial charge is 0.424 e. The summed E-state index contributed by atoms with van der Waals surface area (Å²) in [4.78, 5) is 19.3. The van der Waals surface area contributed by atoms with Crippen LogP contribution in [0.15, 0.2) is 29.9 Å². The second-order valence-electron chi connectivity index (χ2n) is 6.98. The van der Waals surface area contributed by atoms with E-state index in [1.165, 1.54) is 25.7 Å². The Bertz CT molecular complexity index is 848. The molecule has 136 valence electrons. The third-order valence-electron chi connectivity index (χ3n) is 5.10. The molecule has 0 atom stereocenters. The number of aliphatic imine (C=N–C) groups is 1. The molecule has 1 N–H and O–H groups in total. The summed E-state index contributed by atoms with van der Waals surface area (Å²) < 4.78 is 6.11. The molecule has 4 rings (SSSR count). The summed E-state index contributed by atoms with van der Waals surface area (Å²) in [5.41, 5.74) is 2.61. The van der Waals surface area contributed by atoms with Crippen LogP contribution in [0.3, 0.4) is 0 Å². The topological polar surface area (TPSA) is 66.4 Å². The van der Waals surface area contributed by atoms with Crippen LogP contribution in [-0.4, -0.2) is 32.4 Å². The number of aromatic nitrogens is 3. The van der Waals surface area contributed by atoms with Crippen molar-refractivity contribution in [1.82, 2.24) is 19.9 Å². The predicted octanol–water partition coefficient (Wildman–Crippen LogP) is 4.53. The van der Waals surface area contributed by atoms with Crippen LogP contribution in [0.25, 0.3) is 5.70 Å². The molecule has 0 aromatic carbocycles. The average molecular weight is 351 g/mol. The van der Waals surface area contributed by atoms with Crippen molar-refractivity contribution < 1.29 is 4.74 Å². The lowest BCUT2D eigenvalue weighted by Crippen LogP contribution is -2.36. The summed E-state index contributed by atoms with van der Waals surface area (Å²) in [6.07, 6.45) is 7.66. The molecule has 6 heteroatoms. The minimum atomic E-state index is 0.508. The molecule has 1 aliphatic carbocycles. The summed E-state index contributed by atoms with van der Waals surface area (Å²) in [7, 11) is 0. The van der Waals surface area contributed by atoms with Crippen molar-refractivity contribution in [3.05, 3.63) is 42.1 Å². The fourth-order valence-electron chi connectivity index (χ4n) is 3.67. The van der Waals surface area contributed by atoms with Gasteiger partial charge in [-0.2, -0.15) is 4.99 Å². The van der Waals surface area contributed by atoms with Crippen molar-refractivity contribution in [3.63, 3.8) is 0 Å². The lowest BCUT2D eigenvalue weighted by Gasteiger charge is -2.29. The van der Waals surface area contributed by atoms with Crippen LogP contribution in [0.2, 0.25) is 0 Å². The van der Waals surface area contributed by atoms with Gasteiger partial charge in [-0.1, -0.05) is 26.3 Å². The van der Waals surface area contributed by atoms with Gasteiger partial charge in [-0.05, 0) is 38.3 Å². The van der Waals surface area contributed by atoms with Crippen molar-refractivity contribution in [2.24, 2.45) is 4.99 Å². The zero-order valence-corrected chi connectivity index (χ0v) is 15.5. The van der Waals surface area contributed by atoms with Crippen LogP contribution >= 0.6 is 0 Å². The highest BCUT2D eigenvalue weighted by atomic mass is 16.5. The van der Waals surface area contributed by atoms with Gasteiger partial charge in [0.05, 0.1) is 11.4 Å². The van der Waals surface area contributed by atoms with E-state index in [0.29, 0.717) is 23.5 Å². The zero-order chi connectivity index (χ0) is 18.1. The van der Waals surface area contributed by atoms with Crippen molar-refractivity contribution in [1.29, 1.82) is 0 Å². The number of fused-ring (bicyclic) bond motifs is 1. The second-order valence-corrected chi connectivity index (χ2v) is 6.98. The molecule has 1 fully saturated rings. The predicted molar refractivity (Wildman–Crippen MR) is 103 cm³/mol. The molecule has 0 bridgehead atoms. The lowest BCUT2D eigenvalue weighted by atomic mass is 10.1. The van der Waals surface area contributed by atoms with Gasteiger partial charge in [0.1, 0.15) is 11.5 Å². The number of nitrogens with one attached hydrogen (secondary N) is 1. The highest BCUT2D eigenvalue weighted by molar-refractivity contribution is 5.92. The minimum Gasteiger partial charge on any atom is -0.424 e. The van der Waals surface area contributed by atoms with Crippen molar-refractivity contribution in [2.45, 2.75) is 51.9 Å². The molecule has 3 heterocycles. The number of nitrogens with zero attached hydrogens (tertiary/aromatic N) is 4. The Morgan fingerprint density at radius 2 is 2.15 bits per heavy atom. The van der Waals surface area contributed by atoms with E-state index in [-0.39, 0.29) is 0 Å². The number of aromatic amines is 1. The molecular weight excluding hydrogens is 326 g/mol. The third-order valence-corrected chi connectivity index (χ3v) is 5.10. The van der Waals surface area contributed by atoms with Crippen molar-refractivity contribution in [3.8, 4) is 5.75 Å². The van der Waals surface area contributed by atoms with Gasteiger partial charge in [0, 0.05) is 18.7 Å². The summed E-state index contributed by atoms with van der Waals surface area (Å²) in [6, 6.07) is 4.29. The van der Waals surface area contributed by atoms with Crippen molar-refractivity contribution in [2.75, 3.05) is 6.54 Å². The van der Waals surface area contributed by atoms with E-state index in [0.717, 1.165) is 35.9 Å². The number of hydrogen-bond acceptors (Lipinski definition) is 5. The number of pyridine rings is 1. The van der Waals surface area contributed by atoms with Gasteiger partial charge in [0.2, 0.25) is 0 Å². The maximum absolute atomic E-state index is 6.11. The fourth-order valence-corrected chi connectivity index (χ4v) is 3.67. The molecule has 2 aromatic heterocycles. The molecule has 0 spiro atoms. The Labute approximate surface area is 154 Å². The number of hydrogen-bond donors (Lipinski definition) is 1. The third kappa shape index (κ3) is 3.00. The van der Waals surface area contributed by atoms with E-state index in [2.05, 4.69) is 23.5 Å². The number of aryl methyl sites for hydroxylation is 1. The summed E-state index contributed by atoms with van der Waals surface area (Å²) >= 11 is 0. The number of rotatable bonds is 4. The maximum Gasteiger partial charge on any atom is 0.304 e. The van der Waals surface area contributed by atoms with Gasteiger partial charge in [0.15, 0.2) is 11.6 Å². The molecule has 26 heavy (non-hydrogen) atoms. The summed E-state index contributed by atoms with van der Waals surface area (Å²) in [6.45, 7) is 9.13. The standard InChI is InChI=1S/C20H25N5O/c1-4-12-25-14(3)17-19(23-18(22-17)15-8-5-6-9-15)24-20(25)26-16-10-7-11-21-13(16)2/h7,10-11,15H,3-6,8-9,12H2,1-2H3,(H,22,23). The van der Waals surface area contributed by atoms with Gasteiger partial charge in [-0.25, -0.2) is 4.98 Å². The quantitative estimate of drug-likeness (QED) is 0.878. The van der Waals surface area contributed by atoms with Gasteiger partial charge in [0.25, 0.3) is 0 Å². The monoisotopic (exact) mass is 351 g/mol. The Morgan fingerprint density at radius 3 is 2.88 bits per heavy atom. The minimum absolute atomic E-state index is 0.508. The van der Waals surface area contributed by atoms with E-state index in [1.54, 1.807) is 6.20 Å². The van der Waals surface area contributed by atoms with Crippen LogP contribution < -0.4 is 4.74 Å². The smallest absolute Gasteiger partial charge is 0.304 e. The SMILES string of the molecule is C=C1c2[nH]c(C3CCCC3)nc2N=C(Oc2cccnc2C)N1CCC. The molecule has 2 aromatic rings. The molecule has 0 unspecified atom stereocenters. The van der Waals surface area contributed by atoms with Gasteiger partial charge in [-0.15, -0.1) is 0 Å². The number of imidazole rings is 1. The zero-order valence-electron chi connectivity index (χ0n) is 15.5. The Kier molecular flexibility index (Phi) is 4.49. The lowest BCUT2D eigenvalue weighted by molar-refractivity contribution is 0.417. The molecule has 2 aliphatic rings. The van der Waals surface area contributed by atoms with E-state index in [1.807, 2.05) is 24.0 Å². The first-order chi connectivity index (χ1) is 12.7. The molecule has 0 amide bonds. The molecule has 6 nitrogen and oxygen atoms in total. The molecule has 0 radical (unpaired) electrons. The van der Waals surface area contributed by atoms with Crippen LogP contribution in [-0.2, 0) is 0 Å². The molecule has 1 saturated carbocycles. The maximum atomic E-state index is 6.11. The number of H-pyrrole nitrogens is 1.